The zero-order valence-corrected chi connectivity index (χ0v) is 16.2. The van der Waals surface area contributed by atoms with Crippen LogP contribution >= 0.6 is 0 Å². The highest BCUT2D eigenvalue weighted by Gasteiger charge is 2.24. The van der Waals surface area contributed by atoms with Gasteiger partial charge in [0.05, 0.1) is 0 Å². The number of benzene rings is 1. The molecule has 1 amide bonds. The number of piperazine rings is 1. The van der Waals surface area contributed by atoms with E-state index in [1.54, 1.807) is 0 Å². The van der Waals surface area contributed by atoms with Gasteiger partial charge >= 0.3 is 0 Å². The van der Waals surface area contributed by atoms with Gasteiger partial charge in [0.25, 0.3) is 0 Å². The van der Waals surface area contributed by atoms with E-state index >= 15 is 0 Å². The number of amides is 1. The number of anilines is 1. The lowest BCUT2D eigenvalue weighted by molar-refractivity contribution is -0.119. The average Bonchev–Trinajstić information content (AvgIpc) is 3.45. The summed E-state index contributed by atoms with van der Waals surface area (Å²) in [6.07, 6.45) is 2.21. The fourth-order valence-corrected chi connectivity index (χ4v) is 3.31. The second-order valence-corrected chi connectivity index (χ2v) is 7.21. The quantitative estimate of drug-likeness (QED) is 0.622. The molecule has 1 aromatic carbocycles. The average molecular weight is 358 g/mol. The maximum Gasteiger partial charge on any atom is 0.242 e. The van der Waals surface area contributed by atoms with Gasteiger partial charge in [0.2, 0.25) is 5.91 Å². The van der Waals surface area contributed by atoms with Crippen LogP contribution in [-0.2, 0) is 4.79 Å². The summed E-state index contributed by atoms with van der Waals surface area (Å²) < 4.78 is 0. The first-order valence-electron chi connectivity index (χ1n) is 9.72. The molecule has 1 aromatic rings. The molecule has 2 N–H and O–H groups in total. The van der Waals surface area contributed by atoms with Crippen LogP contribution < -0.4 is 15.5 Å². The van der Waals surface area contributed by atoms with Crippen molar-refractivity contribution in [3.8, 4) is 0 Å². The summed E-state index contributed by atoms with van der Waals surface area (Å²) in [5.74, 6) is 0.871. The summed E-state index contributed by atoms with van der Waals surface area (Å²) in [7, 11) is 0. The van der Waals surface area contributed by atoms with E-state index in [0.29, 0.717) is 6.04 Å². The Bertz CT molecular complexity index is 660. The van der Waals surface area contributed by atoms with Gasteiger partial charge in [-0.15, -0.1) is 0 Å². The lowest BCUT2D eigenvalue weighted by Gasteiger charge is -2.38. The van der Waals surface area contributed by atoms with Crippen molar-refractivity contribution in [1.29, 1.82) is 0 Å². The van der Waals surface area contributed by atoms with Gasteiger partial charge in [-0.1, -0.05) is 12.1 Å². The van der Waals surface area contributed by atoms with Gasteiger partial charge in [0.1, 0.15) is 6.54 Å². The molecule has 142 valence electrons. The van der Waals surface area contributed by atoms with Crippen molar-refractivity contribution >= 4 is 17.6 Å². The number of aliphatic imine (C=N–C) groups is 1. The minimum atomic E-state index is 0.0249. The molecule has 0 spiro atoms. The largest absolute Gasteiger partial charge is 0.368 e. The van der Waals surface area contributed by atoms with Gasteiger partial charge in [0.15, 0.2) is 5.96 Å². The van der Waals surface area contributed by atoms with Crippen LogP contribution in [0.15, 0.2) is 23.2 Å². The smallest absolute Gasteiger partial charge is 0.242 e. The number of nitrogens with one attached hydrogen (secondary N) is 2. The number of hydrogen-bond donors (Lipinski definition) is 2. The molecule has 0 aromatic heterocycles. The molecular formula is C20H31N5O. The highest BCUT2D eigenvalue weighted by atomic mass is 16.2. The number of guanidine groups is 1. The molecule has 1 aliphatic heterocycles. The molecule has 1 saturated carbocycles. The number of hydrogen-bond acceptors (Lipinski definition) is 3. The zero-order chi connectivity index (χ0) is 18.5. The van der Waals surface area contributed by atoms with E-state index < -0.39 is 0 Å². The van der Waals surface area contributed by atoms with Gasteiger partial charge < -0.3 is 20.4 Å². The maximum absolute atomic E-state index is 11.9. The molecule has 6 nitrogen and oxygen atoms in total. The minimum absolute atomic E-state index is 0.0249. The fourth-order valence-electron chi connectivity index (χ4n) is 3.31. The van der Waals surface area contributed by atoms with Crippen LogP contribution in [0.25, 0.3) is 0 Å². The van der Waals surface area contributed by atoms with E-state index in [9.17, 15) is 4.79 Å². The van der Waals surface area contributed by atoms with Crippen molar-refractivity contribution in [2.75, 3.05) is 44.2 Å². The van der Waals surface area contributed by atoms with Gasteiger partial charge in [0, 0.05) is 44.5 Å². The van der Waals surface area contributed by atoms with Gasteiger partial charge in [-0.2, -0.15) is 0 Å². The Balaban J connectivity index is 1.58. The Hall–Kier alpha value is -2.24. The van der Waals surface area contributed by atoms with Crippen molar-refractivity contribution < 1.29 is 4.79 Å². The number of aryl methyl sites for hydroxylation is 1. The maximum atomic E-state index is 11.9. The normalized spacial score (nSPS) is 18.0. The number of nitrogens with zero attached hydrogens (tertiary/aromatic N) is 3. The van der Waals surface area contributed by atoms with Crippen LogP contribution in [0.5, 0.6) is 0 Å². The van der Waals surface area contributed by atoms with Crippen molar-refractivity contribution in [3.05, 3.63) is 29.3 Å². The number of rotatable bonds is 5. The first-order chi connectivity index (χ1) is 12.6. The van der Waals surface area contributed by atoms with Crippen LogP contribution in [0.4, 0.5) is 5.69 Å². The summed E-state index contributed by atoms with van der Waals surface area (Å²) in [6.45, 7) is 11.2. The number of carbonyl (C=O) groups is 1. The molecular weight excluding hydrogens is 326 g/mol. The Kier molecular flexibility index (Phi) is 6.01. The summed E-state index contributed by atoms with van der Waals surface area (Å²) >= 11 is 0. The third-order valence-electron chi connectivity index (χ3n) is 5.15. The molecule has 26 heavy (non-hydrogen) atoms. The summed E-state index contributed by atoms with van der Waals surface area (Å²) in [6, 6.07) is 6.90. The standard InChI is InChI=1S/C20H31N5O/c1-4-21-20(22-14-19(26)23-17-8-9-17)25-12-10-24(11-13-25)18-7-5-6-15(2)16(18)3/h5-7,17H,4,8-14H2,1-3H3,(H,21,22)(H,23,26). The highest BCUT2D eigenvalue weighted by Crippen LogP contribution is 2.23. The zero-order valence-electron chi connectivity index (χ0n) is 16.2. The number of carbonyl (C=O) groups excluding carboxylic acids is 1. The molecule has 2 fully saturated rings. The van der Waals surface area contributed by atoms with E-state index in [2.05, 4.69) is 64.4 Å². The monoisotopic (exact) mass is 357 g/mol. The highest BCUT2D eigenvalue weighted by molar-refractivity contribution is 5.85. The van der Waals surface area contributed by atoms with Crippen LogP contribution in [0.1, 0.15) is 30.9 Å². The molecule has 6 heteroatoms. The van der Waals surface area contributed by atoms with Crippen LogP contribution in [0.3, 0.4) is 0 Å². The summed E-state index contributed by atoms with van der Waals surface area (Å²) in [5.41, 5.74) is 4.02. The van der Waals surface area contributed by atoms with Crippen LogP contribution in [0, 0.1) is 13.8 Å². The molecule has 0 radical (unpaired) electrons. The Labute approximate surface area is 156 Å². The fraction of sp³-hybridized carbons (Fsp3) is 0.600. The molecule has 0 bridgehead atoms. The second kappa shape index (κ2) is 8.43. The topological polar surface area (TPSA) is 60.0 Å². The first kappa shape index (κ1) is 18.5. The van der Waals surface area contributed by atoms with Gasteiger partial charge in [-0.05, 0) is 50.8 Å². The van der Waals surface area contributed by atoms with Crippen LogP contribution in [-0.4, -0.2) is 62.1 Å². The van der Waals surface area contributed by atoms with E-state index in [1.807, 2.05) is 0 Å². The summed E-state index contributed by atoms with van der Waals surface area (Å²) in [4.78, 5) is 21.2. The molecule has 1 aliphatic carbocycles. The first-order valence-corrected chi connectivity index (χ1v) is 9.72. The van der Waals surface area contributed by atoms with Crippen molar-refractivity contribution in [2.24, 2.45) is 4.99 Å². The van der Waals surface area contributed by atoms with Crippen molar-refractivity contribution in [2.45, 2.75) is 39.7 Å². The minimum Gasteiger partial charge on any atom is -0.368 e. The lowest BCUT2D eigenvalue weighted by atomic mass is 10.1. The Morgan fingerprint density at radius 3 is 2.58 bits per heavy atom. The molecule has 1 heterocycles. The third-order valence-corrected chi connectivity index (χ3v) is 5.15. The predicted octanol–water partition coefficient (Wildman–Crippen LogP) is 1.67. The molecule has 3 rings (SSSR count). The second-order valence-electron chi connectivity index (χ2n) is 7.21. The molecule has 2 aliphatic rings. The Morgan fingerprint density at radius 2 is 1.92 bits per heavy atom. The van der Waals surface area contributed by atoms with Crippen LogP contribution in [0.2, 0.25) is 0 Å². The van der Waals surface area contributed by atoms with Crippen molar-refractivity contribution in [1.82, 2.24) is 15.5 Å². The SMILES string of the molecule is CCNC(=NCC(=O)NC1CC1)N1CCN(c2cccc(C)c2C)CC1. The van der Waals surface area contributed by atoms with E-state index in [0.717, 1.165) is 51.5 Å². The lowest BCUT2D eigenvalue weighted by Crippen LogP contribution is -2.53. The Morgan fingerprint density at radius 1 is 1.19 bits per heavy atom. The molecule has 1 saturated heterocycles. The third kappa shape index (κ3) is 4.68. The molecule has 0 atom stereocenters. The molecule has 0 unspecified atom stereocenters. The predicted molar refractivity (Wildman–Crippen MR) is 107 cm³/mol. The van der Waals surface area contributed by atoms with E-state index in [1.165, 1.54) is 16.8 Å². The van der Waals surface area contributed by atoms with Crippen molar-refractivity contribution in [3.63, 3.8) is 0 Å². The van der Waals surface area contributed by atoms with E-state index in [-0.39, 0.29) is 12.5 Å². The van der Waals surface area contributed by atoms with Gasteiger partial charge in [-0.3, -0.25) is 4.79 Å². The van der Waals surface area contributed by atoms with E-state index in [4.69, 9.17) is 0 Å². The van der Waals surface area contributed by atoms with Gasteiger partial charge in [-0.25, -0.2) is 4.99 Å². The summed E-state index contributed by atoms with van der Waals surface area (Å²) in [5, 5.41) is 6.32.